The van der Waals surface area contributed by atoms with E-state index in [1.165, 1.54) is 87.0 Å². The van der Waals surface area contributed by atoms with Crippen molar-refractivity contribution in [1.29, 1.82) is 0 Å². The third-order valence-electron chi connectivity index (χ3n) is 9.17. The predicted octanol–water partition coefficient (Wildman–Crippen LogP) is 9.89. The predicted molar refractivity (Wildman–Crippen MR) is 163 cm³/mol. The van der Waals surface area contributed by atoms with Gasteiger partial charge < -0.3 is 13.2 Å². The van der Waals surface area contributed by atoms with Gasteiger partial charge in [-0.05, 0) is 36.4 Å². The number of hydrogen-bond acceptors (Lipinski definition) is 1. The highest BCUT2D eigenvalue weighted by Crippen LogP contribution is 2.47. The van der Waals surface area contributed by atoms with Crippen molar-refractivity contribution in [3.05, 3.63) is 109 Å². The molecule has 5 aromatic heterocycles. The van der Waals surface area contributed by atoms with Gasteiger partial charge in [-0.25, -0.2) is 0 Å². The average molecular weight is 495 g/mol. The van der Waals surface area contributed by atoms with E-state index in [2.05, 4.69) is 118 Å². The maximum Gasteiger partial charge on any atom is 0.145 e. The lowest BCUT2D eigenvalue weighted by molar-refractivity contribution is 0.673. The van der Waals surface area contributed by atoms with E-state index < -0.39 is 0 Å². The van der Waals surface area contributed by atoms with Crippen LogP contribution in [-0.4, -0.2) is 8.80 Å². The van der Waals surface area contributed by atoms with Crippen molar-refractivity contribution in [2.24, 2.45) is 0 Å². The number of aromatic nitrogens is 2. The van der Waals surface area contributed by atoms with Gasteiger partial charge in [-0.15, -0.1) is 0 Å². The molecule has 39 heavy (non-hydrogen) atoms. The zero-order valence-electron chi connectivity index (χ0n) is 20.7. The molecule has 0 amide bonds. The van der Waals surface area contributed by atoms with E-state index in [0.29, 0.717) is 0 Å². The van der Waals surface area contributed by atoms with Crippen molar-refractivity contribution in [3.63, 3.8) is 0 Å². The summed E-state index contributed by atoms with van der Waals surface area (Å²) in [5.74, 6) is 0. The Hall–Kier alpha value is -5.28. The van der Waals surface area contributed by atoms with E-state index in [0.717, 1.165) is 11.2 Å². The fourth-order valence-electron chi connectivity index (χ4n) is 7.76. The summed E-state index contributed by atoms with van der Waals surface area (Å²) in [5.41, 5.74) is 9.42. The van der Waals surface area contributed by atoms with Crippen LogP contribution in [-0.2, 0) is 0 Å². The van der Waals surface area contributed by atoms with Crippen molar-refractivity contribution in [1.82, 2.24) is 8.80 Å². The molecule has 0 radical (unpaired) electrons. The van der Waals surface area contributed by atoms with Gasteiger partial charge in [0.15, 0.2) is 0 Å². The van der Waals surface area contributed by atoms with Crippen molar-refractivity contribution in [2.45, 2.75) is 0 Å². The second-order valence-corrected chi connectivity index (χ2v) is 10.9. The topological polar surface area (TPSA) is 22.0 Å². The Balaban J connectivity index is 1.40. The van der Waals surface area contributed by atoms with Gasteiger partial charge in [-0.3, -0.25) is 0 Å². The van der Waals surface area contributed by atoms with Crippen LogP contribution in [0.5, 0.6) is 0 Å². The summed E-state index contributed by atoms with van der Waals surface area (Å²) in [4.78, 5) is 0. The molecule has 0 aliphatic carbocycles. The van der Waals surface area contributed by atoms with Crippen LogP contribution in [0.25, 0.3) is 98.1 Å². The molecule has 3 heteroatoms. The summed E-state index contributed by atoms with van der Waals surface area (Å²) in [5, 5.41) is 12.6. The minimum absolute atomic E-state index is 0.942. The fourth-order valence-corrected chi connectivity index (χ4v) is 7.76. The van der Waals surface area contributed by atoms with Crippen molar-refractivity contribution >= 4 is 98.1 Å². The van der Waals surface area contributed by atoms with Gasteiger partial charge in [0.25, 0.3) is 0 Å². The van der Waals surface area contributed by atoms with E-state index in [1.807, 2.05) is 0 Å². The molecule has 0 fully saturated rings. The highest BCUT2D eigenvalue weighted by molar-refractivity contribution is 6.35. The number of furan rings is 1. The summed E-state index contributed by atoms with van der Waals surface area (Å²) in [7, 11) is 0. The lowest BCUT2D eigenvalue weighted by Crippen LogP contribution is -1.80. The van der Waals surface area contributed by atoms with E-state index in [1.54, 1.807) is 0 Å². The molecule has 0 aliphatic rings. The summed E-state index contributed by atoms with van der Waals surface area (Å²) in [6.07, 6.45) is 0. The first kappa shape index (κ1) is 18.9. The maximum atomic E-state index is 6.80. The van der Waals surface area contributed by atoms with Gasteiger partial charge >= 0.3 is 0 Å². The standard InChI is InChI=1S/C36H18N2O/c1-3-13-26-19(7-1)21-9-5-11-23-31-28(37(26)34(21)23)17-18-30-33(31)25-15-16-29-32(36(25)39-30)24-12-6-10-22-20-8-2-4-14-27(20)38(29)35(22)24/h1-18H. The Morgan fingerprint density at radius 1 is 0.359 bits per heavy atom. The average Bonchev–Trinajstić information content (AvgIpc) is 3.77. The second kappa shape index (κ2) is 6.06. The minimum atomic E-state index is 0.942. The Morgan fingerprint density at radius 3 is 1.59 bits per heavy atom. The van der Waals surface area contributed by atoms with Gasteiger partial charge in [0.1, 0.15) is 11.2 Å². The van der Waals surface area contributed by atoms with Crippen LogP contribution in [0.1, 0.15) is 0 Å². The Labute approximate surface area is 220 Å². The third-order valence-corrected chi connectivity index (χ3v) is 9.17. The maximum absolute atomic E-state index is 6.80. The minimum Gasteiger partial charge on any atom is -0.455 e. The molecule has 0 unspecified atom stereocenters. The first-order chi connectivity index (χ1) is 19.4. The lowest BCUT2D eigenvalue weighted by Gasteiger charge is -2.00. The monoisotopic (exact) mass is 494 g/mol. The number of nitrogens with zero attached hydrogens (tertiary/aromatic N) is 2. The summed E-state index contributed by atoms with van der Waals surface area (Å²) >= 11 is 0. The fraction of sp³-hybridized carbons (Fsp3) is 0. The first-order valence-corrected chi connectivity index (χ1v) is 13.5. The van der Waals surface area contributed by atoms with Crippen LogP contribution >= 0.6 is 0 Å². The number of para-hydroxylation sites is 4. The number of rotatable bonds is 0. The number of fused-ring (bicyclic) bond motifs is 17. The van der Waals surface area contributed by atoms with Gasteiger partial charge in [-0.2, -0.15) is 0 Å². The Bertz CT molecular complexity index is 2820. The molecule has 0 bridgehead atoms. The van der Waals surface area contributed by atoms with Crippen molar-refractivity contribution in [3.8, 4) is 0 Å². The highest BCUT2D eigenvalue weighted by Gasteiger charge is 2.24. The third kappa shape index (κ3) is 1.92. The molecule has 0 atom stereocenters. The lowest BCUT2D eigenvalue weighted by atomic mass is 10.0. The van der Waals surface area contributed by atoms with Crippen LogP contribution in [0.2, 0.25) is 0 Å². The van der Waals surface area contributed by atoms with Crippen LogP contribution in [0.3, 0.4) is 0 Å². The van der Waals surface area contributed by atoms with Crippen LogP contribution in [0.15, 0.2) is 114 Å². The molecule has 0 N–H and O–H groups in total. The molecule has 3 nitrogen and oxygen atoms in total. The largest absolute Gasteiger partial charge is 0.455 e. The Kier molecular flexibility index (Phi) is 2.93. The highest BCUT2D eigenvalue weighted by atomic mass is 16.3. The van der Waals surface area contributed by atoms with Crippen molar-refractivity contribution in [2.75, 3.05) is 0 Å². The zero-order chi connectivity index (χ0) is 25.0. The van der Waals surface area contributed by atoms with E-state index in [9.17, 15) is 0 Å². The molecular formula is C36H18N2O. The summed E-state index contributed by atoms with van der Waals surface area (Å²) in [6, 6.07) is 39.8. The SMILES string of the molecule is c1ccc2c(c1)c1cccc3c4c5oc6ccc7c(c8cccc9c%10ccccc%10n7c98)c6c5ccc4n2c13. The summed E-state index contributed by atoms with van der Waals surface area (Å²) in [6.45, 7) is 0. The molecule has 0 saturated carbocycles. The molecule has 11 rings (SSSR count). The van der Waals surface area contributed by atoms with E-state index >= 15 is 0 Å². The van der Waals surface area contributed by atoms with Gasteiger partial charge in [-0.1, -0.05) is 72.8 Å². The number of benzene rings is 6. The molecule has 178 valence electrons. The van der Waals surface area contributed by atoms with Gasteiger partial charge in [0, 0.05) is 48.5 Å². The quantitative estimate of drug-likeness (QED) is 0.206. The van der Waals surface area contributed by atoms with Gasteiger partial charge in [0.2, 0.25) is 0 Å². The molecule has 0 saturated heterocycles. The normalized spacial score (nSPS) is 13.1. The number of hydrogen-bond donors (Lipinski definition) is 0. The smallest absolute Gasteiger partial charge is 0.145 e. The summed E-state index contributed by atoms with van der Waals surface area (Å²) < 4.78 is 11.7. The molecule has 0 spiro atoms. The van der Waals surface area contributed by atoms with Crippen LogP contribution in [0.4, 0.5) is 0 Å². The van der Waals surface area contributed by atoms with Gasteiger partial charge in [0.05, 0.1) is 38.5 Å². The molecular weight excluding hydrogens is 476 g/mol. The van der Waals surface area contributed by atoms with Crippen molar-refractivity contribution < 1.29 is 4.42 Å². The molecule has 5 heterocycles. The first-order valence-electron chi connectivity index (χ1n) is 13.5. The van der Waals surface area contributed by atoms with Crippen LogP contribution < -0.4 is 0 Å². The molecule has 6 aromatic carbocycles. The molecule has 11 aromatic rings. The van der Waals surface area contributed by atoms with Crippen LogP contribution in [0, 0.1) is 0 Å². The molecule has 0 aliphatic heterocycles. The Morgan fingerprint density at radius 2 is 0.897 bits per heavy atom. The van der Waals surface area contributed by atoms with E-state index in [4.69, 9.17) is 4.42 Å². The second-order valence-electron chi connectivity index (χ2n) is 10.9. The zero-order valence-corrected chi connectivity index (χ0v) is 20.7. The van der Waals surface area contributed by atoms with E-state index in [-0.39, 0.29) is 0 Å².